The van der Waals surface area contributed by atoms with Crippen molar-refractivity contribution < 1.29 is 19.4 Å². The number of aromatic nitrogens is 3. The minimum atomic E-state index is -1.58. The number of rotatable bonds is 3. The van der Waals surface area contributed by atoms with E-state index in [2.05, 4.69) is 25.0 Å². The van der Waals surface area contributed by atoms with Crippen molar-refractivity contribution in [1.82, 2.24) is 15.0 Å². The normalized spacial score (nSPS) is 9.85. The van der Waals surface area contributed by atoms with Crippen LogP contribution in [0.25, 0.3) is 0 Å². The van der Waals surface area contributed by atoms with E-state index in [-0.39, 0.29) is 11.6 Å². The number of ether oxygens (including phenoxy) is 1. The van der Waals surface area contributed by atoms with Crippen LogP contribution in [-0.4, -0.2) is 32.1 Å². The Bertz CT molecular complexity index is 642. The first-order valence-electron chi connectivity index (χ1n) is 5.52. The molecule has 0 aliphatic heterocycles. The molecule has 2 N–H and O–H groups in total. The number of carbonyl (C=O) groups excluding carboxylic acids is 1. The van der Waals surface area contributed by atoms with Gasteiger partial charge in [0.15, 0.2) is 5.69 Å². The molecule has 0 radical (unpaired) electrons. The predicted octanol–water partition coefficient (Wildman–Crippen LogP) is 1.49. The van der Waals surface area contributed by atoms with Crippen molar-refractivity contribution in [3.05, 3.63) is 42.0 Å². The average Bonchev–Trinajstić information content (AvgIpc) is 2.41. The second-order valence-corrected chi connectivity index (χ2v) is 3.75. The second kappa shape index (κ2) is 5.74. The topological polar surface area (TPSA) is 114 Å². The summed E-state index contributed by atoms with van der Waals surface area (Å²) in [5, 5.41) is 11.0. The third kappa shape index (κ3) is 3.25. The van der Waals surface area contributed by atoms with Gasteiger partial charge in [0.2, 0.25) is 0 Å². The van der Waals surface area contributed by atoms with Gasteiger partial charge in [-0.25, -0.2) is 19.7 Å². The maximum atomic E-state index is 12.0. The van der Waals surface area contributed by atoms with Gasteiger partial charge in [-0.3, -0.25) is 4.79 Å². The first kappa shape index (κ1) is 13.4. The molecule has 1 amide bonds. The van der Waals surface area contributed by atoms with Gasteiger partial charge in [0.1, 0.15) is 5.82 Å². The van der Waals surface area contributed by atoms with Crippen molar-refractivity contribution in [1.29, 1.82) is 0 Å². The molecule has 20 heavy (non-hydrogen) atoms. The fraction of sp³-hybridized carbons (Fsp3) is 0.0833. The van der Waals surface area contributed by atoms with Crippen LogP contribution in [0.2, 0.25) is 0 Å². The van der Waals surface area contributed by atoms with Gasteiger partial charge in [-0.05, 0) is 18.6 Å². The lowest BCUT2D eigenvalue weighted by Crippen LogP contribution is -2.18. The maximum Gasteiger partial charge on any atom is 0.512 e. The Labute approximate surface area is 113 Å². The highest BCUT2D eigenvalue weighted by Gasteiger charge is 2.18. The smallest absolute Gasteiger partial charge is 0.449 e. The van der Waals surface area contributed by atoms with E-state index in [1.54, 1.807) is 18.3 Å². The average molecular weight is 274 g/mol. The molecule has 8 heteroatoms. The molecule has 0 unspecified atom stereocenters. The number of aryl methyl sites for hydroxylation is 1. The lowest BCUT2D eigenvalue weighted by Gasteiger charge is -2.06. The SMILES string of the molecule is Cc1ccc(NC(=O)c2nccnc2OC(=O)O)nc1. The summed E-state index contributed by atoms with van der Waals surface area (Å²) in [6.45, 7) is 1.86. The molecule has 8 nitrogen and oxygen atoms in total. The highest BCUT2D eigenvalue weighted by atomic mass is 16.7. The zero-order valence-corrected chi connectivity index (χ0v) is 10.4. The van der Waals surface area contributed by atoms with Gasteiger partial charge in [0.25, 0.3) is 11.8 Å². The number of nitrogens with zero attached hydrogens (tertiary/aromatic N) is 3. The third-order valence-electron chi connectivity index (χ3n) is 2.22. The fourth-order valence-corrected chi connectivity index (χ4v) is 1.36. The molecule has 2 aromatic rings. The summed E-state index contributed by atoms with van der Waals surface area (Å²) < 4.78 is 4.39. The molecule has 0 spiro atoms. The van der Waals surface area contributed by atoms with E-state index in [0.29, 0.717) is 5.82 Å². The Kier molecular flexibility index (Phi) is 3.85. The summed E-state index contributed by atoms with van der Waals surface area (Å²) in [6, 6.07) is 3.38. The van der Waals surface area contributed by atoms with Crippen molar-refractivity contribution in [3.63, 3.8) is 0 Å². The van der Waals surface area contributed by atoms with E-state index < -0.39 is 12.1 Å². The van der Waals surface area contributed by atoms with Crippen LogP contribution in [0.3, 0.4) is 0 Å². The molecule has 2 aromatic heterocycles. The van der Waals surface area contributed by atoms with Crippen LogP contribution in [0, 0.1) is 6.92 Å². The number of carboxylic acid groups (broad SMARTS) is 1. The molecule has 0 aliphatic rings. The minimum Gasteiger partial charge on any atom is -0.449 e. The first-order valence-corrected chi connectivity index (χ1v) is 5.52. The van der Waals surface area contributed by atoms with Crippen molar-refractivity contribution in [2.24, 2.45) is 0 Å². The summed E-state index contributed by atoms with van der Waals surface area (Å²) in [5.74, 6) is -0.733. The minimum absolute atomic E-state index is 0.239. The zero-order valence-electron chi connectivity index (χ0n) is 10.4. The van der Waals surface area contributed by atoms with E-state index in [1.807, 2.05) is 6.92 Å². The van der Waals surface area contributed by atoms with Crippen LogP contribution in [0.5, 0.6) is 5.88 Å². The fourth-order valence-electron chi connectivity index (χ4n) is 1.36. The van der Waals surface area contributed by atoms with Crippen molar-refractivity contribution >= 4 is 17.9 Å². The highest BCUT2D eigenvalue weighted by molar-refractivity contribution is 6.04. The first-order chi connectivity index (χ1) is 9.56. The molecule has 0 bridgehead atoms. The van der Waals surface area contributed by atoms with Gasteiger partial charge in [-0.2, -0.15) is 0 Å². The third-order valence-corrected chi connectivity index (χ3v) is 2.22. The number of hydrogen-bond acceptors (Lipinski definition) is 6. The summed E-state index contributed by atoms with van der Waals surface area (Å²) in [5.41, 5.74) is 0.703. The molecular weight excluding hydrogens is 264 g/mol. The van der Waals surface area contributed by atoms with Crippen LogP contribution in [0.1, 0.15) is 16.1 Å². The molecule has 2 heterocycles. The number of hydrogen-bond donors (Lipinski definition) is 2. The quantitative estimate of drug-likeness (QED) is 0.815. The maximum absolute atomic E-state index is 12.0. The van der Waals surface area contributed by atoms with Gasteiger partial charge < -0.3 is 15.2 Å². The Balaban J connectivity index is 2.20. The highest BCUT2D eigenvalue weighted by Crippen LogP contribution is 2.14. The molecule has 2 rings (SSSR count). The molecule has 0 fully saturated rings. The molecule has 0 aliphatic carbocycles. The Morgan fingerprint density at radius 3 is 2.60 bits per heavy atom. The van der Waals surface area contributed by atoms with Crippen LogP contribution < -0.4 is 10.1 Å². The van der Waals surface area contributed by atoms with E-state index >= 15 is 0 Å². The number of anilines is 1. The Hall–Kier alpha value is -3.03. The monoisotopic (exact) mass is 274 g/mol. The van der Waals surface area contributed by atoms with Gasteiger partial charge in [0.05, 0.1) is 0 Å². The number of nitrogens with one attached hydrogen (secondary N) is 1. The Morgan fingerprint density at radius 1 is 1.20 bits per heavy atom. The number of pyridine rings is 1. The molecule has 0 saturated carbocycles. The zero-order chi connectivity index (χ0) is 14.5. The van der Waals surface area contributed by atoms with Crippen LogP contribution in [0.4, 0.5) is 10.6 Å². The van der Waals surface area contributed by atoms with Crippen LogP contribution in [-0.2, 0) is 0 Å². The largest absolute Gasteiger partial charge is 0.512 e. The van der Waals surface area contributed by atoms with Gasteiger partial charge in [0, 0.05) is 18.6 Å². The van der Waals surface area contributed by atoms with E-state index in [4.69, 9.17) is 5.11 Å². The van der Waals surface area contributed by atoms with Crippen LogP contribution in [0.15, 0.2) is 30.7 Å². The number of amides is 1. The molecule has 0 atom stereocenters. The Morgan fingerprint density at radius 2 is 1.95 bits per heavy atom. The van der Waals surface area contributed by atoms with Crippen LogP contribution >= 0.6 is 0 Å². The summed E-state index contributed by atoms with van der Waals surface area (Å²) in [6.07, 6.45) is 2.49. The van der Waals surface area contributed by atoms with Gasteiger partial charge >= 0.3 is 6.16 Å². The van der Waals surface area contributed by atoms with E-state index in [9.17, 15) is 9.59 Å². The van der Waals surface area contributed by atoms with Crippen molar-refractivity contribution in [3.8, 4) is 5.88 Å². The summed E-state index contributed by atoms with van der Waals surface area (Å²) in [4.78, 5) is 33.9. The van der Waals surface area contributed by atoms with E-state index in [0.717, 1.165) is 5.56 Å². The summed E-state index contributed by atoms with van der Waals surface area (Å²) in [7, 11) is 0. The molecule has 102 valence electrons. The van der Waals surface area contributed by atoms with Gasteiger partial charge in [-0.1, -0.05) is 6.07 Å². The number of carbonyl (C=O) groups is 2. The van der Waals surface area contributed by atoms with Crippen molar-refractivity contribution in [2.75, 3.05) is 5.32 Å². The summed E-state index contributed by atoms with van der Waals surface area (Å²) >= 11 is 0. The van der Waals surface area contributed by atoms with Gasteiger partial charge in [-0.15, -0.1) is 0 Å². The predicted molar refractivity (Wildman–Crippen MR) is 67.6 cm³/mol. The molecular formula is C12H10N4O4. The molecule has 0 aromatic carbocycles. The van der Waals surface area contributed by atoms with E-state index in [1.165, 1.54) is 12.4 Å². The standard InChI is InChI=1S/C12H10N4O4/c1-7-2-3-8(15-6-7)16-10(17)9-11(20-12(18)19)14-5-4-13-9/h2-6H,1H3,(H,18,19)(H,15,16,17). The lowest BCUT2D eigenvalue weighted by molar-refractivity contribution is 0.101. The lowest BCUT2D eigenvalue weighted by atomic mass is 10.3. The second-order valence-electron chi connectivity index (χ2n) is 3.75. The van der Waals surface area contributed by atoms with Crippen molar-refractivity contribution in [2.45, 2.75) is 6.92 Å². The molecule has 0 saturated heterocycles.